The average Bonchev–Trinajstić information content (AvgIpc) is 2.46. The van der Waals surface area contributed by atoms with Crippen molar-refractivity contribution in [1.82, 2.24) is 14.3 Å². The molecule has 0 spiro atoms. The van der Waals surface area contributed by atoms with Gasteiger partial charge in [0.1, 0.15) is 12.1 Å². The van der Waals surface area contributed by atoms with Crippen molar-refractivity contribution in [3.8, 4) is 0 Å². The summed E-state index contributed by atoms with van der Waals surface area (Å²) in [6, 6.07) is 4.25. The van der Waals surface area contributed by atoms with E-state index in [-0.39, 0.29) is 21.5 Å². The zero-order valence-corrected chi connectivity index (χ0v) is 13.7. The summed E-state index contributed by atoms with van der Waals surface area (Å²) < 4.78 is 26.8. The molecule has 0 saturated carbocycles. The van der Waals surface area contributed by atoms with Gasteiger partial charge in [0.25, 0.3) is 0 Å². The first kappa shape index (κ1) is 15.5. The van der Waals surface area contributed by atoms with Crippen LogP contribution in [0.15, 0.2) is 29.4 Å². The molecule has 1 aliphatic rings. The summed E-state index contributed by atoms with van der Waals surface area (Å²) in [5.41, 5.74) is 7.22. The van der Waals surface area contributed by atoms with Gasteiger partial charge in [-0.05, 0) is 24.6 Å². The highest BCUT2D eigenvalue weighted by molar-refractivity contribution is 7.89. The van der Waals surface area contributed by atoms with Crippen molar-refractivity contribution in [2.45, 2.75) is 17.9 Å². The van der Waals surface area contributed by atoms with E-state index in [9.17, 15) is 8.42 Å². The summed E-state index contributed by atoms with van der Waals surface area (Å²) in [7, 11) is -3.70. The van der Waals surface area contributed by atoms with Crippen molar-refractivity contribution in [1.29, 1.82) is 0 Å². The van der Waals surface area contributed by atoms with Crippen LogP contribution in [-0.2, 0) is 23.0 Å². The molecule has 0 amide bonds. The van der Waals surface area contributed by atoms with Crippen LogP contribution in [0.3, 0.4) is 0 Å². The first-order valence-corrected chi connectivity index (χ1v) is 8.62. The van der Waals surface area contributed by atoms with E-state index in [0.29, 0.717) is 24.5 Å². The number of fused-ring (bicyclic) bond motifs is 1. The molecule has 0 atom stereocenters. The fourth-order valence-corrected chi connectivity index (χ4v) is 4.52. The number of nitrogens with two attached hydrogens (primary N) is 1. The lowest BCUT2D eigenvalue weighted by molar-refractivity contribution is 0.385. The molecule has 1 aromatic heterocycles. The minimum Gasteiger partial charge on any atom is -0.383 e. The second-order valence-corrected chi connectivity index (χ2v) is 7.69. The highest BCUT2D eigenvalue weighted by atomic mass is 35.5. The van der Waals surface area contributed by atoms with Crippen molar-refractivity contribution in [2.24, 2.45) is 0 Å². The summed E-state index contributed by atoms with van der Waals surface area (Å²) in [5, 5.41) is 0.546. The average molecular weight is 359 g/mol. The van der Waals surface area contributed by atoms with E-state index in [4.69, 9.17) is 28.9 Å². The monoisotopic (exact) mass is 358 g/mol. The Kier molecular flexibility index (Phi) is 3.98. The zero-order chi connectivity index (χ0) is 15.9. The van der Waals surface area contributed by atoms with E-state index < -0.39 is 10.0 Å². The Morgan fingerprint density at radius 1 is 1.14 bits per heavy atom. The number of nitrogen functional groups attached to an aromatic ring is 1. The lowest BCUT2D eigenvalue weighted by Gasteiger charge is -2.27. The number of rotatable bonds is 2. The predicted octanol–water partition coefficient (Wildman–Crippen LogP) is 2.11. The van der Waals surface area contributed by atoms with E-state index in [2.05, 4.69) is 9.97 Å². The molecular weight excluding hydrogens is 347 g/mol. The Morgan fingerprint density at radius 2 is 1.82 bits per heavy atom. The first-order valence-electron chi connectivity index (χ1n) is 6.42. The molecule has 2 N–H and O–H groups in total. The van der Waals surface area contributed by atoms with Crippen LogP contribution in [0.4, 0.5) is 5.82 Å². The standard InChI is InChI=1S/C13H12Cl2N4O2S/c14-8-3-9(15)5-10(4-8)22(20,21)19-2-1-11-12(6-19)17-7-18-13(11)16/h3-5,7H,1-2,6H2,(H2,16,17,18). The van der Waals surface area contributed by atoms with Gasteiger partial charge in [-0.25, -0.2) is 18.4 Å². The summed E-state index contributed by atoms with van der Waals surface area (Å²) in [6.07, 6.45) is 1.80. The summed E-state index contributed by atoms with van der Waals surface area (Å²) >= 11 is 11.8. The van der Waals surface area contributed by atoms with Crippen molar-refractivity contribution in [3.63, 3.8) is 0 Å². The van der Waals surface area contributed by atoms with Crippen LogP contribution >= 0.6 is 23.2 Å². The molecule has 0 aliphatic carbocycles. The molecule has 116 valence electrons. The van der Waals surface area contributed by atoms with Gasteiger partial charge < -0.3 is 5.73 Å². The molecule has 2 heterocycles. The second kappa shape index (κ2) is 5.66. The zero-order valence-electron chi connectivity index (χ0n) is 11.3. The fraction of sp³-hybridized carbons (Fsp3) is 0.231. The molecule has 2 aromatic rings. The Hall–Kier alpha value is -1.41. The molecular formula is C13H12Cl2N4O2S. The van der Waals surface area contributed by atoms with Crippen molar-refractivity contribution >= 4 is 39.0 Å². The number of hydrogen-bond donors (Lipinski definition) is 1. The Balaban J connectivity index is 1.97. The van der Waals surface area contributed by atoms with E-state index in [0.717, 1.165) is 5.56 Å². The smallest absolute Gasteiger partial charge is 0.243 e. The topological polar surface area (TPSA) is 89.2 Å². The minimum atomic E-state index is -3.70. The molecule has 9 heteroatoms. The minimum absolute atomic E-state index is 0.0653. The van der Waals surface area contributed by atoms with Gasteiger partial charge in [0.15, 0.2) is 0 Å². The molecule has 0 fully saturated rings. The molecule has 0 radical (unpaired) electrons. The molecule has 1 aromatic carbocycles. The quantitative estimate of drug-likeness (QED) is 0.887. The summed E-state index contributed by atoms with van der Waals surface area (Å²) in [5.74, 6) is 0.396. The molecule has 3 rings (SSSR count). The number of aromatic nitrogens is 2. The normalized spacial score (nSPS) is 15.5. The lowest BCUT2D eigenvalue weighted by atomic mass is 10.1. The SMILES string of the molecule is Nc1ncnc2c1CCN(S(=O)(=O)c1cc(Cl)cc(Cl)c1)C2. The molecule has 0 unspecified atom stereocenters. The van der Waals surface area contributed by atoms with Gasteiger partial charge in [-0.1, -0.05) is 23.2 Å². The number of benzene rings is 1. The second-order valence-electron chi connectivity index (χ2n) is 4.88. The van der Waals surface area contributed by atoms with Crippen LogP contribution in [0.2, 0.25) is 10.0 Å². The number of sulfonamides is 1. The predicted molar refractivity (Wildman–Crippen MR) is 84.2 cm³/mol. The molecule has 0 saturated heterocycles. The molecule has 1 aliphatic heterocycles. The van der Waals surface area contributed by atoms with E-state index in [1.165, 1.54) is 28.8 Å². The summed E-state index contributed by atoms with van der Waals surface area (Å²) in [6.45, 7) is 0.450. The first-order chi connectivity index (χ1) is 10.4. The van der Waals surface area contributed by atoms with Gasteiger partial charge in [-0.2, -0.15) is 4.31 Å². The van der Waals surface area contributed by atoms with Crippen LogP contribution < -0.4 is 5.73 Å². The van der Waals surface area contributed by atoms with Gasteiger partial charge in [0.2, 0.25) is 10.0 Å². The van der Waals surface area contributed by atoms with E-state index >= 15 is 0 Å². The number of hydrogen-bond acceptors (Lipinski definition) is 5. The van der Waals surface area contributed by atoms with Crippen LogP contribution in [0.25, 0.3) is 0 Å². The third-order valence-electron chi connectivity index (χ3n) is 3.48. The van der Waals surface area contributed by atoms with Gasteiger partial charge in [-0.15, -0.1) is 0 Å². The molecule has 6 nitrogen and oxygen atoms in total. The van der Waals surface area contributed by atoms with Crippen LogP contribution in [0.1, 0.15) is 11.3 Å². The van der Waals surface area contributed by atoms with Gasteiger partial charge in [0.05, 0.1) is 17.1 Å². The number of halogens is 2. The number of anilines is 1. The van der Waals surface area contributed by atoms with Crippen molar-refractivity contribution in [2.75, 3.05) is 12.3 Å². The third kappa shape index (κ3) is 2.77. The Labute approximate surface area is 137 Å². The molecule has 22 heavy (non-hydrogen) atoms. The van der Waals surface area contributed by atoms with Gasteiger partial charge in [-0.3, -0.25) is 0 Å². The van der Waals surface area contributed by atoms with E-state index in [1.807, 2.05) is 0 Å². The van der Waals surface area contributed by atoms with Crippen molar-refractivity contribution < 1.29 is 8.42 Å². The highest BCUT2D eigenvalue weighted by Crippen LogP contribution is 2.28. The third-order valence-corrected chi connectivity index (χ3v) is 5.74. The maximum absolute atomic E-state index is 12.7. The number of nitrogens with zero attached hydrogens (tertiary/aromatic N) is 3. The van der Waals surface area contributed by atoms with Crippen LogP contribution in [0, 0.1) is 0 Å². The molecule has 0 bridgehead atoms. The van der Waals surface area contributed by atoms with Gasteiger partial charge >= 0.3 is 0 Å². The highest BCUT2D eigenvalue weighted by Gasteiger charge is 2.30. The van der Waals surface area contributed by atoms with Gasteiger partial charge in [0, 0.05) is 22.2 Å². The maximum atomic E-state index is 12.7. The van der Waals surface area contributed by atoms with Crippen molar-refractivity contribution in [3.05, 3.63) is 45.8 Å². The largest absolute Gasteiger partial charge is 0.383 e. The van der Waals surface area contributed by atoms with E-state index in [1.54, 1.807) is 0 Å². The van der Waals surface area contributed by atoms with Crippen LogP contribution in [-0.4, -0.2) is 29.2 Å². The Bertz CT molecular complexity index is 822. The Morgan fingerprint density at radius 3 is 2.50 bits per heavy atom. The lowest BCUT2D eigenvalue weighted by Crippen LogP contribution is -2.37. The van der Waals surface area contributed by atoms with Crippen LogP contribution in [0.5, 0.6) is 0 Å². The summed E-state index contributed by atoms with van der Waals surface area (Å²) in [4.78, 5) is 8.11. The maximum Gasteiger partial charge on any atom is 0.243 e. The fourth-order valence-electron chi connectivity index (χ4n) is 2.39.